The van der Waals surface area contributed by atoms with Crippen molar-refractivity contribution in [3.8, 4) is 43.4 Å². The van der Waals surface area contributed by atoms with Gasteiger partial charge in [0, 0.05) is 0 Å². The quantitative estimate of drug-likeness (QED) is 0.124. The maximum absolute atomic E-state index is 5.65. The third kappa shape index (κ3) is 9.67. The normalized spacial score (nSPS) is 10.8. The summed E-state index contributed by atoms with van der Waals surface area (Å²) < 4.78 is 0. The molecule has 0 spiro atoms. The zero-order valence-electron chi connectivity index (χ0n) is 22.2. The molecule has 4 aromatic carbocycles. The SMILES string of the molecule is [CH3][Ge]([CH3])=[Zr]([Cl])[Cl].[c-]1pc(-c2ccccc2)c(-c2ccccc2)[pH]1.[c-]1pc(-c2ccccc2)c(-c2ccccc2)[pH]1. The van der Waals surface area contributed by atoms with Gasteiger partial charge >= 0.3 is 54.8 Å². The molecule has 40 heavy (non-hydrogen) atoms. The van der Waals surface area contributed by atoms with Crippen molar-refractivity contribution in [2.24, 2.45) is 0 Å². The van der Waals surface area contributed by atoms with Crippen LogP contribution in [0.15, 0.2) is 121 Å². The van der Waals surface area contributed by atoms with Crippen LogP contribution < -0.4 is 0 Å². The van der Waals surface area contributed by atoms with Crippen LogP contribution in [0.25, 0.3) is 43.4 Å². The largest absolute Gasteiger partial charge is 0.258 e. The molecule has 0 fully saturated rings. The fourth-order valence-corrected chi connectivity index (χ4v) is 8.84. The fourth-order valence-electron chi connectivity index (χ4n) is 3.75. The van der Waals surface area contributed by atoms with E-state index >= 15 is 0 Å². The first-order valence-electron chi connectivity index (χ1n) is 12.7. The molecule has 0 saturated heterocycles. The van der Waals surface area contributed by atoms with Gasteiger partial charge in [0.15, 0.2) is 0 Å². The van der Waals surface area contributed by atoms with E-state index in [-0.39, 0.29) is 0 Å². The summed E-state index contributed by atoms with van der Waals surface area (Å²) in [5.41, 5.74) is 12.2. The number of benzene rings is 4. The number of hydrogen-bond acceptors (Lipinski definition) is 0. The standard InChI is InChI=1S/2C15H11P2.C2H6Ge.2ClH.Zr/c2*1-3-7-12(8-4-1)14-15(17-11-16-14)13-9-5-2-6-10-13;1-3-2;;;/h2*1-10,16H;1-2H3;2*1H;/q2*-1;;;;+2/p-2. The van der Waals surface area contributed by atoms with Gasteiger partial charge in [-0.05, 0) is 0 Å². The van der Waals surface area contributed by atoms with Crippen molar-refractivity contribution in [2.45, 2.75) is 11.5 Å². The van der Waals surface area contributed by atoms with Crippen molar-refractivity contribution in [3.63, 3.8) is 0 Å². The Hall–Kier alpha value is -0.694. The molecule has 0 saturated carbocycles. The van der Waals surface area contributed by atoms with E-state index < -0.39 is 26.2 Å². The first-order chi connectivity index (χ1) is 19.5. The molecule has 0 bridgehead atoms. The zero-order valence-corrected chi connectivity index (χ0v) is 32.1. The summed E-state index contributed by atoms with van der Waals surface area (Å²) in [6.45, 7) is 0. The third-order valence-corrected chi connectivity index (χ3v) is 45.4. The van der Waals surface area contributed by atoms with Crippen LogP contribution in [0, 0.1) is 11.1 Å². The monoisotopic (exact) mass is 770 g/mol. The zero-order chi connectivity index (χ0) is 28.2. The van der Waals surface area contributed by atoms with E-state index in [9.17, 15) is 0 Å². The number of hydrogen-bond donors (Lipinski definition) is 0. The van der Waals surface area contributed by atoms with Gasteiger partial charge in [0.2, 0.25) is 0 Å². The predicted octanol–water partition coefficient (Wildman–Crippen LogP) is 13.0. The molecule has 2 atom stereocenters. The Morgan fingerprint density at radius 2 is 0.800 bits per heavy atom. The average Bonchev–Trinajstić information content (AvgIpc) is 3.70. The molecular weight excluding hydrogens is 743 g/mol. The second-order valence-electron chi connectivity index (χ2n) is 8.87. The van der Waals surface area contributed by atoms with Crippen LogP contribution in [-0.4, -0.2) is 9.98 Å². The number of rotatable bonds is 4. The molecule has 0 radical (unpaired) electrons. The first-order valence-corrected chi connectivity index (χ1v) is 34.4. The number of halogens is 2. The topological polar surface area (TPSA) is 0 Å². The molecule has 0 N–H and O–H groups in total. The Bertz CT molecular complexity index is 1380. The Morgan fingerprint density at radius 3 is 1.07 bits per heavy atom. The van der Waals surface area contributed by atoms with E-state index in [1.165, 1.54) is 59.8 Å². The molecule has 0 aliphatic heterocycles. The minimum atomic E-state index is -1.59. The van der Waals surface area contributed by atoms with Crippen LogP contribution >= 0.6 is 49.8 Å². The van der Waals surface area contributed by atoms with Crippen LogP contribution in [0.4, 0.5) is 0 Å². The second kappa shape index (κ2) is 17.4. The van der Waals surface area contributed by atoms with Crippen LogP contribution in [0.3, 0.4) is 0 Å². The van der Waals surface area contributed by atoms with Crippen LogP contribution in [0.1, 0.15) is 0 Å². The van der Waals surface area contributed by atoms with E-state index in [0.29, 0.717) is 16.4 Å². The molecule has 0 amide bonds. The van der Waals surface area contributed by atoms with Crippen LogP contribution in [0.2, 0.25) is 11.5 Å². The molecule has 200 valence electrons. The van der Waals surface area contributed by atoms with Gasteiger partial charge in [0.1, 0.15) is 0 Å². The molecular formula is C32H28Cl2GeP4Zr-2. The molecule has 2 heterocycles. The summed E-state index contributed by atoms with van der Waals surface area (Å²) >= 11 is -1.59. The smallest absolute Gasteiger partial charge is 0.0623 e. The van der Waals surface area contributed by atoms with Crippen molar-refractivity contribution in [1.82, 2.24) is 0 Å². The Balaban J connectivity index is 0.000000155. The van der Waals surface area contributed by atoms with E-state index in [1.807, 2.05) is 0 Å². The van der Waals surface area contributed by atoms with Gasteiger partial charge in [-0.1, -0.05) is 144 Å². The Morgan fingerprint density at radius 1 is 0.525 bits per heavy atom. The fraction of sp³-hybridized carbons (Fsp3) is 0.0625. The average molecular weight is 771 g/mol. The van der Waals surface area contributed by atoms with E-state index in [2.05, 4.69) is 144 Å². The summed E-state index contributed by atoms with van der Waals surface area (Å²) in [7, 11) is 14.4. The van der Waals surface area contributed by atoms with Gasteiger partial charge in [-0.2, -0.15) is 0 Å². The third-order valence-electron chi connectivity index (χ3n) is 5.77. The van der Waals surface area contributed by atoms with E-state index in [4.69, 9.17) is 17.0 Å². The minimum absolute atomic E-state index is 0.700. The van der Waals surface area contributed by atoms with E-state index in [1.54, 1.807) is 0 Å². The maximum Gasteiger partial charge on any atom is -0.0623 e. The summed E-state index contributed by atoms with van der Waals surface area (Å²) in [6.07, 6.45) is 0. The van der Waals surface area contributed by atoms with Gasteiger partial charge in [-0.15, -0.1) is 32.2 Å². The first kappa shape index (κ1) is 32.2. The Labute approximate surface area is 260 Å². The second-order valence-corrected chi connectivity index (χ2v) is 51.4. The predicted molar refractivity (Wildman–Crippen MR) is 186 cm³/mol. The summed E-state index contributed by atoms with van der Waals surface area (Å²) in [5.74, 6) is 4.46. The Kier molecular flexibility index (Phi) is 14.0. The summed E-state index contributed by atoms with van der Waals surface area (Å²) in [6, 6.07) is 42.5. The van der Waals surface area contributed by atoms with Crippen molar-refractivity contribution in [2.75, 3.05) is 0 Å². The molecule has 0 aliphatic rings. The minimum Gasteiger partial charge on any atom is -0.258 e. The maximum atomic E-state index is 5.65. The van der Waals surface area contributed by atoms with Gasteiger partial charge < -0.3 is 0 Å². The van der Waals surface area contributed by atoms with Crippen molar-refractivity contribution in [3.05, 3.63) is 132 Å². The molecule has 0 nitrogen and oxygen atoms in total. The molecule has 6 rings (SSSR count). The van der Waals surface area contributed by atoms with E-state index in [0.717, 1.165) is 0 Å². The van der Waals surface area contributed by atoms with Gasteiger partial charge in [-0.3, -0.25) is 16.4 Å². The molecule has 8 heteroatoms. The van der Waals surface area contributed by atoms with Crippen molar-refractivity contribution >= 4 is 59.8 Å². The van der Waals surface area contributed by atoms with Crippen LogP contribution in [-0.2, 0) is 16.2 Å². The van der Waals surface area contributed by atoms with Gasteiger partial charge in [0.05, 0.1) is 0 Å². The van der Waals surface area contributed by atoms with Crippen molar-refractivity contribution in [1.29, 1.82) is 0 Å². The van der Waals surface area contributed by atoms with Gasteiger partial charge in [0.25, 0.3) is 0 Å². The van der Waals surface area contributed by atoms with Gasteiger partial charge in [-0.25, -0.2) is 16.4 Å². The molecule has 2 aromatic heterocycles. The van der Waals surface area contributed by atoms with Crippen LogP contribution in [0.5, 0.6) is 0 Å². The molecule has 6 aromatic rings. The summed E-state index contributed by atoms with van der Waals surface area (Å²) in [4.78, 5) is 0. The van der Waals surface area contributed by atoms with Crippen molar-refractivity contribution < 1.29 is 16.2 Å². The summed E-state index contributed by atoms with van der Waals surface area (Å²) in [5, 5.41) is 5.71. The molecule has 0 aliphatic carbocycles. The molecule has 2 unspecified atom stereocenters.